The van der Waals surface area contributed by atoms with Crippen molar-refractivity contribution in [2.24, 2.45) is 10.2 Å². The SMILES string of the molecule is Cc1ccc(C)c(NC(=S)N=Nc2c(O)n(Cc3ccc(Cl)cc3)c3ccc(S(=O)(=O)N4CCOCC4)cc23)c1. The van der Waals surface area contributed by atoms with E-state index in [2.05, 4.69) is 15.5 Å². The van der Waals surface area contributed by atoms with Crippen molar-refractivity contribution < 1.29 is 18.3 Å². The summed E-state index contributed by atoms with van der Waals surface area (Å²) in [5.41, 5.74) is 4.45. The van der Waals surface area contributed by atoms with Crippen LogP contribution in [0.4, 0.5) is 11.4 Å². The first kappa shape index (κ1) is 28.2. The van der Waals surface area contributed by atoms with E-state index in [4.69, 9.17) is 28.6 Å². The fourth-order valence-electron chi connectivity index (χ4n) is 4.54. The number of aromatic nitrogens is 1. The van der Waals surface area contributed by atoms with Crippen LogP contribution in [0.1, 0.15) is 16.7 Å². The number of anilines is 1. The predicted octanol–water partition coefficient (Wildman–Crippen LogP) is 6.17. The van der Waals surface area contributed by atoms with Gasteiger partial charge in [-0.05, 0) is 79.2 Å². The number of fused-ring (bicyclic) bond motifs is 1. The average molecular weight is 598 g/mol. The summed E-state index contributed by atoms with van der Waals surface area (Å²) in [6.45, 7) is 5.45. The summed E-state index contributed by atoms with van der Waals surface area (Å²) in [7, 11) is -3.78. The number of hydrogen-bond donors (Lipinski definition) is 2. The van der Waals surface area contributed by atoms with Gasteiger partial charge < -0.3 is 19.7 Å². The Morgan fingerprint density at radius 1 is 1.07 bits per heavy atom. The molecule has 1 aromatic heterocycles. The molecule has 1 aliphatic rings. The number of halogens is 1. The van der Waals surface area contributed by atoms with E-state index in [9.17, 15) is 13.5 Å². The van der Waals surface area contributed by atoms with Gasteiger partial charge in [-0.25, -0.2) is 8.42 Å². The predicted molar refractivity (Wildman–Crippen MR) is 160 cm³/mol. The van der Waals surface area contributed by atoms with E-state index in [-0.39, 0.29) is 34.7 Å². The molecule has 3 aromatic carbocycles. The molecule has 0 atom stereocenters. The van der Waals surface area contributed by atoms with Crippen molar-refractivity contribution in [1.29, 1.82) is 0 Å². The quantitative estimate of drug-likeness (QED) is 0.203. The maximum Gasteiger partial charge on any atom is 0.243 e. The van der Waals surface area contributed by atoms with E-state index in [0.29, 0.717) is 35.7 Å². The molecule has 4 aromatic rings. The van der Waals surface area contributed by atoms with Crippen molar-refractivity contribution in [1.82, 2.24) is 8.87 Å². The molecule has 40 heavy (non-hydrogen) atoms. The molecule has 1 aliphatic heterocycles. The van der Waals surface area contributed by atoms with Crippen LogP contribution in [-0.2, 0) is 21.3 Å². The van der Waals surface area contributed by atoms with Crippen molar-refractivity contribution in [3.05, 3.63) is 82.4 Å². The van der Waals surface area contributed by atoms with Crippen LogP contribution in [0, 0.1) is 13.8 Å². The number of rotatable bonds is 6. The van der Waals surface area contributed by atoms with Crippen molar-refractivity contribution in [3.8, 4) is 5.88 Å². The van der Waals surface area contributed by atoms with Gasteiger partial charge in [0, 0.05) is 29.2 Å². The molecule has 1 saturated heterocycles. The lowest BCUT2D eigenvalue weighted by Gasteiger charge is -2.26. The Hall–Kier alpha value is -3.35. The minimum absolute atomic E-state index is 0.0954. The van der Waals surface area contributed by atoms with Gasteiger partial charge in [-0.1, -0.05) is 35.9 Å². The molecule has 0 aliphatic carbocycles. The maximum absolute atomic E-state index is 13.4. The minimum atomic E-state index is -3.78. The van der Waals surface area contributed by atoms with Gasteiger partial charge in [0.25, 0.3) is 0 Å². The molecule has 208 valence electrons. The lowest BCUT2D eigenvalue weighted by Crippen LogP contribution is -2.40. The Kier molecular flexibility index (Phi) is 8.20. The Bertz CT molecular complexity index is 1710. The van der Waals surface area contributed by atoms with E-state index in [1.54, 1.807) is 28.8 Å². The molecule has 9 nitrogen and oxygen atoms in total. The standard InChI is InChI=1S/C28H28ClN5O4S2/c1-18-3-4-19(2)24(15-18)30-28(39)32-31-26-23-16-22(40(36,37)33-11-13-38-14-12-33)9-10-25(23)34(27(26)35)17-20-5-7-21(29)8-6-20/h3-10,15-16,35H,11-14,17H2,1-2H3,(H,30,39). The van der Waals surface area contributed by atoms with Crippen molar-refractivity contribution in [2.45, 2.75) is 25.3 Å². The van der Waals surface area contributed by atoms with Crippen LogP contribution >= 0.6 is 23.8 Å². The number of nitrogens with one attached hydrogen (secondary N) is 1. The van der Waals surface area contributed by atoms with Crippen LogP contribution in [0.3, 0.4) is 0 Å². The fourth-order valence-corrected chi connectivity index (χ4v) is 6.25. The molecule has 5 rings (SSSR count). The second-order valence-electron chi connectivity index (χ2n) is 9.53. The first-order chi connectivity index (χ1) is 19.1. The second kappa shape index (κ2) is 11.6. The molecule has 0 unspecified atom stereocenters. The summed E-state index contributed by atoms with van der Waals surface area (Å²) < 4.78 is 35.1. The molecule has 0 radical (unpaired) electrons. The van der Waals surface area contributed by atoms with Gasteiger partial charge in [-0.2, -0.15) is 4.31 Å². The molecule has 0 saturated carbocycles. The largest absolute Gasteiger partial charge is 0.493 e. The summed E-state index contributed by atoms with van der Waals surface area (Å²) in [6.07, 6.45) is 0. The van der Waals surface area contributed by atoms with E-state index in [1.807, 2.05) is 44.2 Å². The minimum Gasteiger partial charge on any atom is -0.493 e. The Morgan fingerprint density at radius 3 is 2.52 bits per heavy atom. The molecule has 2 N–H and O–H groups in total. The normalized spacial score (nSPS) is 14.7. The topological polar surface area (TPSA) is 109 Å². The zero-order valence-electron chi connectivity index (χ0n) is 22.0. The van der Waals surface area contributed by atoms with Crippen molar-refractivity contribution >= 4 is 61.2 Å². The van der Waals surface area contributed by atoms with Gasteiger partial charge in [0.1, 0.15) is 0 Å². The maximum atomic E-state index is 13.4. The number of sulfonamides is 1. The van der Waals surface area contributed by atoms with Crippen LogP contribution < -0.4 is 5.32 Å². The molecule has 0 amide bonds. The summed E-state index contributed by atoms with van der Waals surface area (Å²) in [5, 5.41) is 24.0. The van der Waals surface area contributed by atoms with Gasteiger partial charge in [0.05, 0.1) is 30.2 Å². The molecular formula is C28H28ClN5O4S2. The van der Waals surface area contributed by atoms with Crippen molar-refractivity contribution in [2.75, 3.05) is 31.6 Å². The second-order valence-corrected chi connectivity index (χ2v) is 12.3. The highest BCUT2D eigenvalue weighted by Crippen LogP contribution is 2.41. The molecule has 2 heterocycles. The number of aromatic hydroxyl groups is 1. The summed E-state index contributed by atoms with van der Waals surface area (Å²) in [6, 6.07) is 17.9. The fraction of sp³-hybridized carbons (Fsp3) is 0.250. The first-order valence-electron chi connectivity index (χ1n) is 12.6. The van der Waals surface area contributed by atoms with Gasteiger partial charge in [-0.3, -0.25) is 0 Å². The lowest BCUT2D eigenvalue weighted by molar-refractivity contribution is 0.0730. The summed E-state index contributed by atoms with van der Waals surface area (Å²) in [4.78, 5) is 0.0954. The highest BCUT2D eigenvalue weighted by atomic mass is 35.5. The summed E-state index contributed by atoms with van der Waals surface area (Å²) >= 11 is 11.5. The molecule has 0 spiro atoms. The smallest absolute Gasteiger partial charge is 0.243 e. The number of azo groups is 1. The number of ether oxygens (including phenoxy) is 1. The van der Waals surface area contributed by atoms with Crippen LogP contribution in [0.2, 0.25) is 5.02 Å². The van der Waals surface area contributed by atoms with Crippen LogP contribution in [0.5, 0.6) is 5.88 Å². The zero-order chi connectivity index (χ0) is 28.4. The third-order valence-electron chi connectivity index (χ3n) is 6.72. The molecular weight excluding hydrogens is 570 g/mol. The Balaban J connectivity index is 1.55. The van der Waals surface area contributed by atoms with Gasteiger partial charge in [0.2, 0.25) is 21.0 Å². The molecule has 0 bridgehead atoms. The number of nitrogens with zero attached hydrogens (tertiary/aromatic N) is 4. The van der Waals surface area contributed by atoms with E-state index in [0.717, 1.165) is 22.4 Å². The highest BCUT2D eigenvalue weighted by Gasteiger charge is 2.28. The number of aryl methyl sites for hydroxylation is 2. The van der Waals surface area contributed by atoms with Gasteiger partial charge >= 0.3 is 0 Å². The Morgan fingerprint density at radius 2 is 1.80 bits per heavy atom. The third kappa shape index (κ3) is 5.89. The van der Waals surface area contributed by atoms with Crippen LogP contribution in [0.25, 0.3) is 10.9 Å². The monoisotopic (exact) mass is 597 g/mol. The zero-order valence-corrected chi connectivity index (χ0v) is 24.4. The number of morpholine rings is 1. The van der Waals surface area contributed by atoms with Gasteiger partial charge in [-0.15, -0.1) is 10.2 Å². The Labute approximate surface area is 243 Å². The lowest BCUT2D eigenvalue weighted by atomic mass is 10.1. The highest BCUT2D eigenvalue weighted by molar-refractivity contribution is 7.89. The molecule has 1 fully saturated rings. The molecule has 12 heteroatoms. The van der Waals surface area contributed by atoms with E-state index in [1.165, 1.54) is 10.4 Å². The van der Waals surface area contributed by atoms with Crippen LogP contribution in [-0.4, -0.2) is 53.8 Å². The van der Waals surface area contributed by atoms with Gasteiger partial charge in [0.15, 0.2) is 5.69 Å². The number of benzene rings is 3. The van der Waals surface area contributed by atoms with E-state index >= 15 is 0 Å². The first-order valence-corrected chi connectivity index (χ1v) is 14.8. The van der Waals surface area contributed by atoms with E-state index < -0.39 is 10.0 Å². The summed E-state index contributed by atoms with van der Waals surface area (Å²) in [5.74, 6) is -0.163. The number of hydrogen-bond acceptors (Lipinski definition) is 6. The number of thiocarbonyl (C=S) groups is 1. The van der Waals surface area contributed by atoms with Crippen LogP contribution in [0.15, 0.2) is 75.8 Å². The van der Waals surface area contributed by atoms with Crippen molar-refractivity contribution in [3.63, 3.8) is 0 Å². The third-order valence-corrected chi connectivity index (χ3v) is 9.05. The average Bonchev–Trinajstić information content (AvgIpc) is 3.20.